The highest BCUT2D eigenvalue weighted by Crippen LogP contribution is 2.33. The summed E-state index contributed by atoms with van der Waals surface area (Å²) in [5.41, 5.74) is -1.05. The van der Waals surface area contributed by atoms with E-state index in [0.29, 0.717) is 0 Å². The predicted molar refractivity (Wildman–Crippen MR) is 64.6 cm³/mol. The fourth-order valence-corrected chi connectivity index (χ4v) is 1.53. The number of halogens is 3. The van der Waals surface area contributed by atoms with Gasteiger partial charge in [0.2, 0.25) is 0 Å². The molecule has 0 N–H and O–H groups in total. The van der Waals surface area contributed by atoms with Crippen LogP contribution in [0, 0.1) is 10.1 Å². The highest BCUT2D eigenvalue weighted by molar-refractivity contribution is 5.41. The van der Waals surface area contributed by atoms with Gasteiger partial charge in [-0.1, -0.05) is 12.1 Å². The van der Waals surface area contributed by atoms with Crippen molar-refractivity contribution in [1.82, 2.24) is 0 Å². The highest BCUT2D eigenvalue weighted by Gasteiger charge is 2.30. The van der Waals surface area contributed by atoms with Gasteiger partial charge in [0.25, 0.3) is 5.69 Å². The summed E-state index contributed by atoms with van der Waals surface area (Å²) in [7, 11) is 0. The number of hydrogen-bond donors (Lipinski definition) is 0. The summed E-state index contributed by atoms with van der Waals surface area (Å²) in [6, 6.07) is 9.51. The first-order chi connectivity index (χ1) is 9.36. The molecule has 0 aliphatic carbocycles. The van der Waals surface area contributed by atoms with Gasteiger partial charge >= 0.3 is 6.18 Å². The van der Waals surface area contributed by atoms with Crippen molar-refractivity contribution in [3.63, 3.8) is 0 Å². The second kappa shape index (κ2) is 5.20. The first-order valence-corrected chi connectivity index (χ1v) is 5.46. The van der Waals surface area contributed by atoms with E-state index in [2.05, 4.69) is 0 Å². The smallest absolute Gasteiger partial charge is 0.416 e. The molecule has 0 amide bonds. The molecule has 0 unspecified atom stereocenters. The number of nitro groups is 1. The number of hydrogen-bond acceptors (Lipinski definition) is 3. The largest absolute Gasteiger partial charge is 0.457 e. The van der Waals surface area contributed by atoms with Crippen molar-refractivity contribution < 1.29 is 22.8 Å². The van der Waals surface area contributed by atoms with Crippen LogP contribution in [0.25, 0.3) is 0 Å². The van der Waals surface area contributed by atoms with Gasteiger partial charge in [0.15, 0.2) is 0 Å². The zero-order valence-corrected chi connectivity index (χ0v) is 9.92. The lowest BCUT2D eigenvalue weighted by Gasteiger charge is -2.09. The van der Waals surface area contributed by atoms with Gasteiger partial charge in [-0.15, -0.1) is 0 Å². The van der Waals surface area contributed by atoms with Crippen LogP contribution in [0.5, 0.6) is 11.5 Å². The summed E-state index contributed by atoms with van der Waals surface area (Å²) in [5.74, 6) is 0.0545. The second-order valence-corrected chi connectivity index (χ2v) is 3.88. The van der Waals surface area contributed by atoms with Gasteiger partial charge in [-0.2, -0.15) is 13.2 Å². The summed E-state index contributed by atoms with van der Waals surface area (Å²) in [4.78, 5) is 9.98. The minimum atomic E-state index is -4.47. The maximum Gasteiger partial charge on any atom is 0.416 e. The molecule has 0 atom stereocenters. The Balaban J connectivity index is 2.26. The number of alkyl halides is 3. The molecule has 0 aromatic heterocycles. The Morgan fingerprint density at radius 3 is 2.20 bits per heavy atom. The van der Waals surface area contributed by atoms with Gasteiger partial charge in [0.05, 0.1) is 16.6 Å². The van der Waals surface area contributed by atoms with Crippen molar-refractivity contribution in [2.24, 2.45) is 0 Å². The van der Waals surface area contributed by atoms with Crippen LogP contribution in [-0.2, 0) is 6.18 Å². The second-order valence-electron chi connectivity index (χ2n) is 3.88. The summed E-state index contributed by atoms with van der Waals surface area (Å²) in [6.07, 6.45) is -4.47. The van der Waals surface area contributed by atoms with Gasteiger partial charge in [-0.3, -0.25) is 10.1 Å². The molecule has 2 aromatic rings. The van der Waals surface area contributed by atoms with E-state index < -0.39 is 16.7 Å². The number of ether oxygens (including phenoxy) is 1. The van der Waals surface area contributed by atoms with Crippen LogP contribution in [0.15, 0.2) is 48.5 Å². The fourth-order valence-electron chi connectivity index (χ4n) is 1.53. The maximum atomic E-state index is 12.5. The van der Waals surface area contributed by atoms with Crippen molar-refractivity contribution in [1.29, 1.82) is 0 Å². The number of nitrogens with zero attached hydrogens (tertiary/aromatic N) is 1. The summed E-state index contributed by atoms with van der Waals surface area (Å²) >= 11 is 0. The number of rotatable bonds is 3. The van der Waals surface area contributed by atoms with Crippen molar-refractivity contribution >= 4 is 5.69 Å². The molecule has 104 valence electrons. The molecule has 20 heavy (non-hydrogen) atoms. The molecule has 2 aromatic carbocycles. The first-order valence-electron chi connectivity index (χ1n) is 5.46. The minimum Gasteiger partial charge on any atom is -0.457 e. The average molecular weight is 283 g/mol. The lowest BCUT2D eigenvalue weighted by Crippen LogP contribution is -2.04. The van der Waals surface area contributed by atoms with Gasteiger partial charge in [-0.25, -0.2) is 0 Å². The fraction of sp³-hybridized carbons (Fsp3) is 0.0769. The first kappa shape index (κ1) is 13.9. The van der Waals surface area contributed by atoms with E-state index >= 15 is 0 Å². The van der Waals surface area contributed by atoms with Crippen LogP contribution in [0.2, 0.25) is 0 Å². The summed E-state index contributed by atoms with van der Waals surface area (Å²) < 4.78 is 42.8. The highest BCUT2D eigenvalue weighted by atomic mass is 19.4. The molecule has 0 fully saturated rings. The summed E-state index contributed by atoms with van der Waals surface area (Å²) in [5, 5.41) is 10.6. The monoisotopic (exact) mass is 283 g/mol. The van der Waals surface area contributed by atoms with Crippen LogP contribution in [0.4, 0.5) is 18.9 Å². The molecular weight excluding hydrogens is 275 g/mol. The Bertz CT molecular complexity index is 641. The SMILES string of the molecule is O=[N+]([O-])c1cccc(Oc2cccc(C(F)(F)F)c2)c1. The van der Waals surface area contributed by atoms with Gasteiger partial charge < -0.3 is 4.74 Å². The third-order valence-electron chi connectivity index (χ3n) is 2.43. The third-order valence-corrected chi connectivity index (χ3v) is 2.43. The Hall–Kier alpha value is -2.57. The Morgan fingerprint density at radius 1 is 1.00 bits per heavy atom. The van der Waals surface area contributed by atoms with Gasteiger partial charge in [0.1, 0.15) is 11.5 Å². The maximum absolute atomic E-state index is 12.5. The molecule has 2 rings (SSSR count). The molecule has 0 saturated heterocycles. The molecule has 0 aliphatic rings. The van der Waals surface area contributed by atoms with Gasteiger partial charge in [-0.05, 0) is 24.3 Å². The van der Waals surface area contributed by atoms with Crippen LogP contribution < -0.4 is 4.74 Å². The topological polar surface area (TPSA) is 52.4 Å². The lowest BCUT2D eigenvalue weighted by atomic mass is 10.2. The van der Waals surface area contributed by atoms with E-state index in [1.54, 1.807) is 0 Å². The molecule has 4 nitrogen and oxygen atoms in total. The zero-order valence-electron chi connectivity index (χ0n) is 9.92. The predicted octanol–water partition coefficient (Wildman–Crippen LogP) is 4.41. The summed E-state index contributed by atoms with van der Waals surface area (Å²) in [6.45, 7) is 0. The quantitative estimate of drug-likeness (QED) is 0.619. The van der Waals surface area contributed by atoms with Crippen molar-refractivity contribution in [2.75, 3.05) is 0 Å². The molecule has 0 spiro atoms. The van der Waals surface area contributed by atoms with Crippen molar-refractivity contribution in [3.8, 4) is 11.5 Å². The number of benzene rings is 2. The minimum absolute atomic E-state index is 0.0414. The Morgan fingerprint density at radius 2 is 1.60 bits per heavy atom. The molecule has 0 saturated carbocycles. The average Bonchev–Trinajstić information content (AvgIpc) is 2.38. The Kier molecular flexibility index (Phi) is 3.60. The lowest BCUT2D eigenvalue weighted by molar-refractivity contribution is -0.384. The molecule has 0 aliphatic heterocycles. The van der Waals surface area contributed by atoms with Crippen LogP contribution >= 0.6 is 0 Å². The molecular formula is C13H8F3NO3. The molecule has 7 heteroatoms. The molecule has 0 radical (unpaired) electrons. The van der Waals surface area contributed by atoms with Crippen LogP contribution in [0.1, 0.15) is 5.56 Å². The normalized spacial score (nSPS) is 11.2. The van der Waals surface area contributed by atoms with E-state index in [0.717, 1.165) is 18.2 Å². The Labute approximate surface area is 111 Å². The van der Waals surface area contributed by atoms with Crippen molar-refractivity contribution in [3.05, 3.63) is 64.2 Å². The van der Waals surface area contributed by atoms with Crippen molar-refractivity contribution in [2.45, 2.75) is 6.18 Å². The van der Waals surface area contributed by atoms with E-state index in [-0.39, 0.29) is 17.2 Å². The third kappa shape index (κ3) is 3.25. The van der Waals surface area contributed by atoms with Gasteiger partial charge in [0, 0.05) is 6.07 Å². The van der Waals surface area contributed by atoms with E-state index in [1.165, 1.54) is 30.3 Å². The van der Waals surface area contributed by atoms with E-state index in [1.807, 2.05) is 0 Å². The standard InChI is InChI=1S/C13H8F3NO3/c14-13(15,16)9-3-1-5-11(7-9)20-12-6-2-4-10(8-12)17(18)19/h1-8H. The van der Waals surface area contributed by atoms with E-state index in [9.17, 15) is 23.3 Å². The van der Waals surface area contributed by atoms with Crippen LogP contribution in [-0.4, -0.2) is 4.92 Å². The zero-order chi connectivity index (χ0) is 14.8. The molecule has 0 heterocycles. The number of nitro benzene ring substituents is 1. The number of non-ortho nitro benzene ring substituents is 1. The molecule has 0 bridgehead atoms. The van der Waals surface area contributed by atoms with E-state index in [4.69, 9.17) is 4.74 Å². The van der Waals surface area contributed by atoms with Crippen LogP contribution in [0.3, 0.4) is 0 Å².